The van der Waals surface area contributed by atoms with Crippen molar-refractivity contribution in [3.8, 4) is 0 Å². The van der Waals surface area contributed by atoms with Gasteiger partial charge in [0.1, 0.15) is 6.61 Å². The summed E-state index contributed by atoms with van der Waals surface area (Å²) in [5.41, 5.74) is 0. The standard InChI is InChI=1S/C8H13NO4/c1-3-4-5-6-13-8(11)9-7(10)12-2/h4-5H,3,6H2,1-2H3,(H,9,10,11)/b5-4+. The molecule has 0 atom stereocenters. The average molecular weight is 187 g/mol. The lowest BCUT2D eigenvalue weighted by Gasteiger charge is -2.01. The maximum absolute atomic E-state index is 10.7. The predicted molar refractivity (Wildman–Crippen MR) is 46.3 cm³/mol. The van der Waals surface area contributed by atoms with Crippen LogP contribution < -0.4 is 5.32 Å². The van der Waals surface area contributed by atoms with E-state index < -0.39 is 12.2 Å². The molecule has 2 amide bonds. The first-order valence-electron chi connectivity index (χ1n) is 3.87. The van der Waals surface area contributed by atoms with Crippen LogP contribution in [0.15, 0.2) is 12.2 Å². The van der Waals surface area contributed by atoms with Crippen molar-refractivity contribution in [1.82, 2.24) is 5.32 Å². The second-order valence-corrected chi connectivity index (χ2v) is 2.09. The molecule has 0 saturated heterocycles. The number of carbonyl (C=O) groups is 2. The summed E-state index contributed by atoms with van der Waals surface area (Å²) in [5.74, 6) is 0. The van der Waals surface area contributed by atoms with Gasteiger partial charge >= 0.3 is 12.2 Å². The van der Waals surface area contributed by atoms with E-state index >= 15 is 0 Å². The van der Waals surface area contributed by atoms with Crippen molar-refractivity contribution in [3.63, 3.8) is 0 Å². The van der Waals surface area contributed by atoms with Crippen LogP contribution in [0.1, 0.15) is 13.3 Å². The second-order valence-electron chi connectivity index (χ2n) is 2.09. The SMILES string of the molecule is CC/C=C/COC(=O)NC(=O)OC. The smallest absolute Gasteiger partial charge is 0.416 e. The average Bonchev–Trinajstić information content (AvgIpc) is 2.12. The van der Waals surface area contributed by atoms with E-state index in [1.54, 1.807) is 6.08 Å². The Morgan fingerprint density at radius 2 is 2.00 bits per heavy atom. The molecule has 0 fully saturated rings. The normalized spacial score (nSPS) is 9.69. The molecule has 5 nitrogen and oxygen atoms in total. The van der Waals surface area contributed by atoms with Gasteiger partial charge in [0.25, 0.3) is 0 Å². The molecule has 1 N–H and O–H groups in total. The number of nitrogens with one attached hydrogen (secondary N) is 1. The molecule has 0 heterocycles. The number of carbonyl (C=O) groups excluding carboxylic acids is 2. The Hall–Kier alpha value is -1.52. The molecule has 0 spiro atoms. The largest absolute Gasteiger partial charge is 0.453 e. The zero-order valence-electron chi connectivity index (χ0n) is 7.70. The summed E-state index contributed by atoms with van der Waals surface area (Å²) in [6, 6.07) is 0. The van der Waals surface area contributed by atoms with Crippen molar-refractivity contribution in [2.75, 3.05) is 13.7 Å². The number of methoxy groups -OCH3 is 1. The molecule has 0 unspecified atom stereocenters. The third-order valence-corrected chi connectivity index (χ3v) is 1.10. The molecule has 0 aromatic carbocycles. The molecule has 0 bridgehead atoms. The van der Waals surface area contributed by atoms with E-state index in [0.717, 1.165) is 6.42 Å². The predicted octanol–water partition coefficient (Wildman–Crippen LogP) is 1.45. The molecular formula is C8H13NO4. The van der Waals surface area contributed by atoms with Gasteiger partial charge in [-0.05, 0) is 6.42 Å². The van der Waals surface area contributed by atoms with Crippen molar-refractivity contribution in [2.24, 2.45) is 0 Å². The van der Waals surface area contributed by atoms with Gasteiger partial charge in [0, 0.05) is 0 Å². The van der Waals surface area contributed by atoms with Crippen LogP contribution in [0.5, 0.6) is 0 Å². The van der Waals surface area contributed by atoms with Gasteiger partial charge in [0.15, 0.2) is 0 Å². The van der Waals surface area contributed by atoms with Crippen molar-refractivity contribution < 1.29 is 19.1 Å². The quantitative estimate of drug-likeness (QED) is 0.679. The number of ether oxygens (including phenoxy) is 2. The van der Waals surface area contributed by atoms with Crippen LogP contribution in [0.3, 0.4) is 0 Å². The maximum Gasteiger partial charge on any atom is 0.416 e. The van der Waals surface area contributed by atoms with Crippen LogP contribution in [0, 0.1) is 0 Å². The fraction of sp³-hybridized carbons (Fsp3) is 0.500. The first-order chi connectivity index (χ1) is 6.20. The maximum atomic E-state index is 10.7. The molecule has 74 valence electrons. The highest BCUT2D eigenvalue weighted by molar-refractivity contribution is 5.87. The Morgan fingerprint density at radius 1 is 1.31 bits per heavy atom. The van der Waals surface area contributed by atoms with Gasteiger partial charge < -0.3 is 9.47 Å². The Kier molecular flexibility index (Phi) is 6.31. The van der Waals surface area contributed by atoms with E-state index in [2.05, 4.69) is 9.47 Å². The molecule has 5 heteroatoms. The second kappa shape index (κ2) is 7.15. The first kappa shape index (κ1) is 11.5. The molecule has 0 aliphatic heterocycles. The number of imide groups is 1. The number of hydrogen-bond donors (Lipinski definition) is 1. The summed E-state index contributed by atoms with van der Waals surface area (Å²) in [4.78, 5) is 21.2. The molecule has 0 aliphatic rings. The van der Waals surface area contributed by atoms with Gasteiger partial charge in [0.2, 0.25) is 0 Å². The van der Waals surface area contributed by atoms with Crippen LogP contribution in [-0.4, -0.2) is 25.9 Å². The molecular weight excluding hydrogens is 174 g/mol. The minimum Gasteiger partial charge on any atom is -0.453 e. The molecule has 0 aromatic rings. The number of hydrogen-bond acceptors (Lipinski definition) is 4. The van der Waals surface area contributed by atoms with Gasteiger partial charge in [-0.25, -0.2) is 14.9 Å². The van der Waals surface area contributed by atoms with Crippen molar-refractivity contribution in [2.45, 2.75) is 13.3 Å². The minimum atomic E-state index is -0.829. The van der Waals surface area contributed by atoms with E-state index in [4.69, 9.17) is 0 Å². The highest BCUT2D eigenvalue weighted by Crippen LogP contribution is 1.83. The van der Waals surface area contributed by atoms with Gasteiger partial charge in [-0.3, -0.25) is 0 Å². The fourth-order valence-electron chi connectivity index (χ4n) is 0.529. The van der Waals surface area contributed by atoms with E-state index in [9.17, 15) is 9.59 Å². The van der Waals surface area contributed by atoms with Gasteiger partial charge in [-0.1, -0.05) is 19.1 Å². The lowest BCUT2D eigenvalue weighted by molar-refractivity contribution is 0.142. The lowest BCUT2D eigenvalue weighted by atomic mass is 10.4. The number of alkyl carbamates (subject to hydrolysis) is 2. The van der Waals surface area contributed by atoms with Crippen LogP contribution in [0.4, 0.5) is 9.59 Å². The van der Waals surface area contributed by atoms with Crippen LogP contribution in [0.25, 0.3) is 0 Å². The number of amides is 2. The first-order valence-corrected chi connectivity index (χ1v) is 3.87. The summed E-state index contributed by atoms with van der Waals surface area (Å²) in [7, 11) is 1.17. The fourth-order valence-corrected chi connectivity index (χ4v) is 0.529. The van der Waals surface area contributed by atoms with Crippen LogP contribution >= 0.6 is 0 Å². The molecule has 0 aromatic heterocycles. The third-order valence-electron chi connectivity index (χ3n) is 1.10. The zero-order valence-corrected chi connectivity index (χ0v) is 7.70. The highest BCUT2D eigenvalue weighted by atomic mass is 16.6. The number of allylic oxidation sites excluding steroid dienone is 1. The Morgan fingerprint density at radius 3 is 2.54 bits per heavy atom. The lowest BCUT2D eigenvalue weighted by Crippen LogP contribution is -2.30. The van der Waals surface area contributed by atoms with Crippen molar-refractivity contribution in [1.29, 1.82) is 0 Å². The van der Waals surface area contributed by atoms with Gasteiger partial charge in [0.05, 0.1) is 7.11 Å². The zero-order chi connectivity index (χ0) is 10.1. The number of rotatable bonds is 3. The molecule has 0 aliphatic carbocycles. The van der Waals surface area contributed by atoms with Crippen molar-refractivity contribution >= 4 is 12.2 Å². The monoisotopic (exact) mass is 187 g/mol. The Balaban J connectivity index is 3.52. The summed E-state index contributed by atoms with van der Waals surface area (Å²) in [6.07, 6.45) is 2.78. The Bertz CT molecular complexity index is 200. The van der Waals surface area contributed by atoms with Crippen molar-refractivity contribution in [3.05, 3.63) is 12.2 Å². The highest BCUT2D eigenvalue weighted by Gasteiger charge is 2.06. The van der Waals surface area contributed by atoms with E-state index in [-0.39, 0.29) is 6.61 Å². The summed E-state index contributed by atoms with van der Waals surface area (Å²) in [5, 5.41) is 1.85. The molecule has 0 radical (unpaired) electrons. The van der Waals surface area contributed by atoms with Gasteiger partial charge in [-0.2, -0.15) is 0 Å². The summed E-state index contributed by atoms with van der Waals surface area (Å²) >= 11 is 0. The van der Waals surface area contributed by atoms with Crippen LogP contribution in [0.2, 0.25) is 0 Å². The third kappa shape index (κ3) is 6.86. The van der Waals surface area contributed by atoms with Gasteiger partial charge in [-0.15, -0.1) is 0 Å². The molecule has 0 rings (SSSR count). The summed E-state index contributed by atoms with van der Waals surface area (Å²) < 4.78 is 8.76. The van der Waals surface area contributed by atoms with Crippen LogP contribution in [-0.2, 0) is 9.47 Å². The molecule has 13 heavy (non-hydrogen) atoms. The Labute approximate surface area is 76.7 Å². The van der Waals surface area contributed by atoms with E-state index in [1.165, 1.54) is 7.11 Å². The van der Waals surface area contributed by atoms with E-state index in [1.807, 2.05) is 18.3 Å². The topological polar surface area (TPSA) is 64.6 Å². The minimum absolute atomic E-state index is 0.149. The van der Waals surface area contributed by atoms with E-state index in [0.29, 0.717) is 0 Å². The molecule has 0 saturated carbocycles. The summed E-state index contributed by atoms with van der Waals surface area (Å²) in [6.45, 7) is 2.11.